The van der Waals surface area contributed by atoms with Crippen molar-refractivity contribution in [2.45, 2.75) is 39.2 Å². The average molecular weight is 234 g/mol. The van der Waals surface area contributed by atoms with Crippen LogP contribution in [0, 0.1) is 0 Å². The van der Waals surface area contributed by atoms with Gasteiger partial charge >= 0.3 is 0 Å². The molecule has 2 nitrogen and oxygen atoms in total. The van der Waals surface area contributed by atoms with E-state index in [9.17, 15) is 0 Å². The van der Waals surface area contributed by atoms with Crippen LogP contribution in [-0.4, -0.2) is 25.0 Å². The highest BCUT2D eigenvalue weighted by Gasteiger charge is 2.03. The lowest BCUT2D eigenvalue weighted by atomic mass is 9.97. The Bertz CT molecular complexity index is 305. The van der Waals surface area contributed by atoms with E-state index >= 15 is 0 Å². The molecule has 0 aliphatic rings. The van der Waals surface area contributed by atoms with E-state index in [1.54, 1.807) is 0 Å². The average Bonchev–Trinajstić information content (AvgIpc) is 2.36. The lowest BCUT2D eigenvalue weighted by Gasteiger charge is -2.17. The standard InChI is InChI=1S/C15H26N2/c1-4-13(2)15-8-6-14(7-9-15)12-17(3)11-5-10-16/h6-9,13H,4-5,10-12,16H2,1-3H3. The minimum Gasteiger partial charge on any atom is -0.330 e. The summed E-state index contributed by atoms with van der Waals surface area (Å²) in [5, 5.41) is 0. The van der Waals surface area contributed by atoms with Gasteiger partial charge in [-0.2, -0.15) is 0 Å². The first-order valence-electron chi connectivity index (χ1n) is 6.64. The van der Waals surface area contributed by atoms with E-state index in [2.05, 4.69) is 50.1 Å². The summed E-state index contributed by atoms with van der Waals surface area (Å²) in [7, 11) is 2.15. The molecule has 2 N–H and O–H groups in total. The molecule has 0 radical (unpaired) electrons. The molecule has 96 valence electrons. The first-order valence-corrected chi connectivity index (χ1v) is 6.64. The van der Waals surface area contributed by atoms with Crippen molar-refractivity contribution in [2.24, 2.45) is 5.73 Å². The second-order valence-corrected chi connectivity index (χ2v) is 4.93. The third kappa shape index (κ3) is 4.88. The normalized spacial score (nSPS) is 13.0. The molecule has 0 spiro atoms. The third-order valence-electron chi connectivity index (χ3n) is 3.36. The molecule has 0 aliphatic carbocycles. The summed E-state index contributed by atoms with van der Waals surface area (Å²) in [6.07, 6.45) is 2.28. The first-order chi connectivity index (χ1) is 8.17. The Labute approximate surface area is 106 Å². The fraction of sp³-hybridized carbons (Fsp3) is 0.600. The molecule has 0 bridgehead atoms. The van der Waals surface area contributed by atoms with Crippen LogP contribution in [0.15, 0.2) is 24.3 Å². The molecule has 1 atom stereocenters. The third-order valence-corrected chi connectivity index (χ3v) is 3.36. The predicted octanol–water partition coefficient (Wildman–Crippen LogP) is 2.98. The summed E-state index contributed by atoms with van der Waals surface area (Å²) in [4.78, 5) is 2.32. The number of hydrogen-bond acceptors (Lipinski definition) is 2. The number of hydrogen-bond donors (Lipinski definition) is 1. The van der Waals surface area contributed by atoms with Crippen molar-refractivity contribution >= 4 is 0 Å². The van der Waals surface area contributed by atoms with Crippen LogP contribution in [0.3, 0.4) is 0 Å². The maximum atomic E-state index is 5.51. The Hall–Kier alpha value is -0.860. The van der Waals surface area contributed by atoms with Crippen LogP contribution >= 0.6 is 0 Å². The van der Waals surface area contributed by atoms with Crippen LogP contribution in [0.2, 0.25) is 0 Å². The predicted molar refractivity (Wildman–Crippen MR) is 75.2 cm³/mol. The Morgan fingerprint density at radius 3 is 2.41 bits per heavy atom. The summed E-state index contributed by atoms with van der Waals surface area (Å²) in [5.41, 5.74) is 8.34. The van der Waals surface area contributed by atoms with Gasteiger partial charge in [-0.15, -0.1) is 0 Å². The first kappa shape index (κ1) is 14.2. The van der Waals surface area contributed by atoms with E-state index in [0.29, 0.717) is 5.92 Å². The van der Waals surface area contributed by atoms with Gasteiger partial charge in [-0.05, 0) is 50.0 Å². The SMILES string of the molecule is CCC(C)c1ccc(CN(C)CCCN)cc1. The van der Waals surface area contributed by atoms with Crippen molar-refractivity contribution in [1.29, 1.82) is 0 Å². The zero-order valence-corrected chi connectivity index (χ0v) is 11.4. The molecule has 1 rings (SSSR count). The van der Waals surface area contributed by atoms with Gasteiger partial charge in [-0.25, -0.2) is 0 Å². The van der Waals surface area contributed by atoms with Gasteiger partial charge in [0.25, 0.3) is 0 Å². The molecule has 1 unspecified atom stereocenters. The van der Waals surface area contributed by atoms with E-state index in [4.69, 9.17) is 5.73 Å². The summed E-state index contributed by atoms with van der Waals surface area (Å²) < 4.78 is 0. The second-order valence-electron chi connectivity index (χ2n) is 4.93. The number of rotatable bonds is 7. The summed E-state index contributed by atoms with van der Waals surface area (Å²) in [6.45, 7) is 7.38. The van der Waals surface area contributed by atoms with Crippen molar-refractivity contribution in [3.63, 3.8) is 0 Å². The molecule has 0 heterocycles. The molecular weight excluding hydrogens is 208 g/mol. The molecule has 17 heavy (non-hydrogen) atoms. The highest BCUT2D eigenvalue weighted by atomic mass is 15.1. The quantitative estimate of drug-likeness (QED) is 0.786. The molecule has 0 aliphatic heterocycles. The molecule has 1 aromatic carbocycles. The lowest BCUT2D eigenvalue weighted by molar-refractivity contribution is 0.324. The van der Waals surface area contributed by atoms with Crippen LogP contribution < -0.4 is 5.73 Å². The molecule has 0 fully saturated rings. The van der Waals surface area contributed by atoms with Gasteiger partial charge in [-0.1, -0.05) is 38.1 Å². The molecule has 0 aromatic heterocycles. The van der Waals surface area contributed by atoms with E-state index in [-0.39, 0.29) is 0 Å². The highest BCUT2D eigenvalue weighted by Crippen LogP contribution is 2.19. The molecular formula is C15H26N2. The molecule has 1 aromatic rings. The monoisotopic (exact) mass is 234 g/mol. The van der Waals surface area contributed by atoms with Crippen molar-refractivity contribution in [2.75, 3.05) is 20.1 Å². The molecule has 0 saturated heterocycles. The molecule has 0 amide bonds. The number of nitrogens with two attached hydrogens (primary N) is 1. The van der Waals surface area contributed by atoms with Crippen LogP contribution in [0.4, 0.5) is 0 Å². The van der Waals surface area contributed by atoms with Crippen molar-refractivity contribution in [3.05, 3.63) is 35.4 Å². The van der Waals surface area contributed by atoms with Gasteiger partial charge in [0.1, 0.15) is 0 Å². The van der Waals surface area contributed by atoms with E-state index in [0.717, 1.165) is 26.1 Å². The smallest absolute Gasteiger partial charge is 0.0230 e. The molecule has 2 heteroatoms. The van der Waals surface area contributed by atoms with Crippen LogP contribution in [0.25, 0.3) is 0 Å². The summed E-state index contributed by atoms with van der Waals surface area (Å²) in [5.74, 6) is 0.666. The second kappa shape index (κ2) is 7.46. The van der Waals surface area contributed by atoms with Crippen molar-refractivity contribution < 1.29 is 0 Å². The van der Waals surface area contributed by atoms with Gasteiger partial charge in [0.15, 0.2) is 0 Å². The highest BCUT2D eigenvalue weighted by molar-refractivity contribution is 5.24. The van der Waals surface area contributed by atoms with Crippen LogP contribution in [0.5, 0.6) is 0 Å². The van der Waals surface area contributed by atoms with Crippen LogP contribution in [0.1, 0.15) is 43.7 Å². The minimum atomic E-state index is 0.666. The maximum Gasteiger partial charge on any atom is 0.0230 e. The fourth-order valence-corrected chi connectivity index (χ4v) is 1.94. The van der Waals surface area contributed by atoms with Crippen LogP contribution in [-0.2, 0) is 6.54 Å². The van der Waals surface area contributed by atoms with Gasteiger partial charge in [0, 0.05) is 6.54 Å². The number of nitrogens with zero attached hydrogens (tertiary/aromatic N) is 1. The van der Waals surface area contributed by atoms with E-state index < -0.39 is 0 Å². The Balaban J connectivity index is 2.50. The van der Waals surface area contributed by atoms with Gasteiger partial charge < -0.3 is 10.6 Å². The van der Waals surface area contributed by atoms with Gasteiger partial charge in [0.05, 0.1) is 0 Å². The Morgan fingerprint density at radius 1 is 1.24 bits per heavy atom. The largest absolute Gasteiger partial charge is 0.330 e. The lowest BCUT2D eigenvalue weighted by Crippen LogP contribution is -2.21. The van der Waals surface area contributed by atoms with Crippen molar-refractivity contribution in [1.82, 2.24) is 4.90 Å². The minimum absolute atomic E-state index is 0.666. The maximum absolute atomic E-state index is 5.51. The van der Waals surface area contributed by atoms with Gasteiger partial charge in [-0.3, -0.25) is 0 Å². The Morgan fingerprint density at radius 2 is 1.88 bits per heavy atom. The zero-order chi connectivity index (χ0) is 12.7. The fourth-order valence-electron chi connectivity index (χ4n) is 1.94. The van der Waals surface area contributed by atoms with Crippen molar-refractivity contribution in [3.8, 4) is 0 Å². The summed E-state index contributed by atoms with van der Waals surface area (Å²) in [6, 6.07) is 9.03. The topological polar surface area (TPSA) is 29.3 Å². The number of benzene rings is 1. The summed E-state index contributed by atoms with van der Waals surface area (Å²) >= 11 is 0. The molecule has 0 saturated carbocycles. The van der Waals surface area contributed by atoms with Gasteiger partial charge in [0.2, 0.25) is 0 Å². The zero-order valence-electron chi connectivity index (χ0n) is 11.4. The Kier molecular flexibility index (Phi) is 6.23. The van der Waals surface area contributed by atoms with E-state index in [1.165, 1.54) is 17.5 Å². The van der Waals surface area contributed by atoms with E-state index in [1.807, 2.05) is 0 Å².